The maximum absolute atomic E-state index is 8.85. The van der Waals surface area contributed by atoms with Gasteiger partial charge in [-0.1, -0.05) is 41.9 Å². The van der Waals surface area contributed by atoms with Gasteiger partial charge in [0.05, 0.1) is 12.7 Å². The van der Waals surface area contributed by atoms with Crippen molar-refractivity contribution in [2.24, 2.45) is 0 Å². The molecule has 0 saturated carbocycles. The molecule has 16 heavy (non-hydrogen) atoms. The zero-order valence-electron chi connectivity index (χ0n) is 8.81. The maximum Gasteiger partial charge on any atom is 0.130 e. The smallest absolute Gasteiger partial charge is 0.130 e. The van der Waals surface area contributed by atoms with Gasteiger partial charge in [-0.15, -0.1) is 0 Å². The van der Waals surface area contributed by atoms with Crippen molar-refractivity contribution in [3.05, 3.63) is 52.8 Å². The van der Waals surface area contributed by atoms with E-state index in [1.165, 1.54) is 0 Å². The summed E-state index contributed by atoms with van der Waals surface area (Å²) in [4.78, 5) is 0. The van der Waals surface area contributed by atoms with Gasteiger partial charge in [0.1, 0.15) is 5.15 Å². The van der Waals surface area contributed by atoms with Gasteiger partial charge in [-0.2, -0.15) is 5.10 Å². The molecule has 0 unspecified atom stereocenters. The molecule has 0 amide bonds. The second-order valence-electron chi connectivity index (χ2n) is 3.58. The lowest BCUT2D eigenvalue weighted by Gasteiger charge is -2.03. The molecule has 1 aromatic carbocycles. The molecule has 0 radical (unpaired) electrons. The van der Waals surface area contributed by atoms with Gasteiger partial charge < -0.3 is 5.11 Å². The first-order valence-electron chi connectivity index (χ1n) is 5.16. The SMILES string of the molecule is OCCc1cnn(Cc2ccccc2)c1Cl. The number of hydrogen-bond donors (Lipinski definition) is 1. The van der Waals surface area contributed by atoms with Crippen molar-refractivity contribution in [3.8, 4) is 0 Å². The number of aromatic nitrogens is 2. The molecule has 0 saturated heterocycles. The number of halogens is 1. The highest BCUT2D eigenvalue weighted by atomic mass is 35.5. The summed E-state index contributed by atoms with van der Waals surface area (Å²) in [6.07, 6.45) is 2.26. The van der Waals surface area contributed by atoms with Gasteiger partial charge >= 0.3 is 0 Å². The third-order valence-corrected chi connectivity index (χ3v) is 2.84. The number of aliphatic hydroxyl groups excluding tert-OH is 1. The van der Waals surface area contributed by atoms with Crippen LogP contribution in [0, 0.1) is 0 Å². The van der Waals surface area contributed by atoms with Gasteiger partial charge in [-0.25, -0.2) is 4.68 Å². The fourth-order valence-electron chi connectivity index (χ4n) is 1.56. The van der Waals surface area contributed by atoms with Crippen LogP contribution in [0.4, 0.5) is 0 Å². The molecule has 4 heteroatoms. The number of aliphatic hydroxyl groups is 1. The number of benzene rings is 1. The molecule has 0 bridgehead atoms. The van der Waals surface area contributed by atoms with E-state index >= 15 is 0 Å². The molecule has 0 aliphatic rings. The van der Waals surface area contributed by atoms with Crippen LogP contribution in [0.25, 0.3) is 0 Å². The minimum Gasteiger partial charge on any atom is -0.396 e. The highest BCUT2D eigenvalue weighted by Gasteiger charge is 2.07. The van der Waals surface area contributed by atoms with Crippen LogP contribution < -0.4 is 0 Å². The first kappa shape index (κ1) is 11.2. The van der Waals surface area contributed by atoms with Crippen molar-refractivity contribution in [2.45, 2.75) is 13.0 Å². The summed E-state index contributed by atoms with van der Waals surface area (Å²) >= 11 is 6.14. The number of rotatable bonds is 4. The highest BCUT2D eigenvalue weighted by Crippen LogP contribution is 2.17. The van der Waals surface area contributed by atoms with E-state index in [1.807, 2.05) is 30.3 Å². The lowest BCUT2D eigenvalue weighted by molar-refractivity contribution is 0.299. The lowest BCUT2D eigenvalue weighted by atomic mass is 10.2. The first-order valence-corrected chi connectivity index (χ1v) is 5.54. The summed E-state index contributed by atoms with van der Waals surface area (Å²) in [6.45, 7) is 0.752. The predicted molar refractivity (Wildman–Crippen MR) is 63.6 cm³/mol. The van der Waals surface area contributed by atoms with Crippen molar-refractivity contribution in [2.75, 3.05) is 6.61 Å². The Morgan fingerprint density at radius 3 is 2.69 bits per heavy atom. The summed E-state index contributed by atoms with van der Waals surface area (Å²) < 4.78 is 1.74. The summed E-state index contributed by atoms with van der Waals surface area (Å²) in [5.74, 6) is 0. The van der Waals surface area contributed by atoms with Crippen LogP contribution in [0.15, 0.2) is 36.5 Å². The van der Waals surface area contributed by atoms with Crippen LogP contribution >= 0.6 is 11.6 Å². The third-order valence-electron chi connectivity index (χ3n) is 2.40. The van der Waals surface area contributed by atoms with E-state index in [2.05, 4.69) is 5.10 Å². The average Bonchev–Trinajstić information content (AvgIpc) is 2.64. The topological polar surface area (TPSA) is 38.1 Å². The van der Waals surface area contributed by atoms with E-state index in [-0.39, 0.29) is 6.61 Å². The molecular formula is C12H13ClN2O. The molecular weight excluding hydrogens is 224 g/mol. The molecule has 0 atom stereocenters. The quantitative estimate of drug-likeness (QED) is 0.883. The monoisotopic (exact) mass is 236 g/mol. The van der Waals surface area contributed by atoms with E-state index in [4.69, 9.17) is 16.7 Å². The normalized spacial score (nSPS) is 10.6. The van der Waals surface area contributed by atoms with E-state index < -0.39 is 0 Å². The molecule has 1 aromatic heterocycles. The van der Waals surface area contributed by atoms with Crippen LogP contribution in [0.3, 0.4) is 0 Å². The fraction of sp³-hybridized carbons (Fsp3) is 0.250. The van der Waals surface area contributed by atoms with E-state index in [0.29, 0.717) is 18.1 Å². The Hall–Kier alpha value is -1.32. The van der Waals surface area contributed by atoms with Gasteiger partial charge in [0.25, 0.3) is 0 Å². The van der Waals surface area contributed by atoms with Crippen molar-refractivity contribution < 1.29 is 5.11 Å². The van der Waals surface area contributed by atoms with Crippen molar-refractivity contribution in [1.29, 1.82) is 0 Å². The first-order chi connectivity index (χ1) is 7.81. The molecule has 3 nitrogen and oxygen atoms in total. The molecule has 0 aliphatic carbocycles. The van der Waals surface area contributed by atoms with Crippen LogP contribution in [0.1, 0.15) is 11.1 Å². The second kappa shape index (κ2) is 5.14. The Kier molecular flexibility index (Phi) is 3.59. The Bertz CT molecular complexity index is 453. The molecule has 2 rings (SSSR count). The lowest BCUT2D eigenvalue weighted by Crippen LogP contribution is -2.01. The largest absolute Gasteiger partial charge is 0.396 e. The predicted octanol–water partition coefficient (Wildman–Crippen LogP) is 2.12. The molecule has 0 spiro atoms. The van der Waals surface area contributed by atoms with Gasteiger partial charge in [0.2, 0.25) is 0 Å². The Labute approximate surface area is 99.3 Å². The summed E-state index contributed by atoms with van der Waals surface area (Å²) in [5.41, 5.74) is 2.04. The van der Waals surface area contributed by atoms with E-state index in [1.54, 1.807) is 10.9 Å². The summed E-state index contributed by atoms with van der Waals surface area (Å²) in [7, 11) is 0. The van der Waals surface area contributed by atoms with Crippen LogP contribution in [-0.4, -0.2) is 21.5 Å². The van der Waals surface area contributed by atoms with Gasteiger partial charge in [0.15, 0.2) is 0 Å². The fourth-order valence-corrected chi connectivity index (χ4v) is 1.81. The Balaban J connectivity index is 2.16. The Morgan fingerprint density at radius 2 is 2.00 bits per heavy atom. The molecule has 1 N–H and O–H groups in total. The van der Waals surface area contributed by atoms with Gasteiger partial charge in [-0.05, 0) is 5.56 Å². The average molecular weight is 237 g/mol. The third kappa shape index (κ3) is 2.43. The summed E-state index contributed by atoms with van der Waals surface area (Å²) in [5, 5.41) is 13.7. The number of hydrogen-bond acceptors (Lipinski definition) is 2. The Morgan fingerprint density at radius 1 is 1.25 bits per heavy atom. The minimum atomic E-state index is 0.0940. The zero-order chi connectivity index (χ0) is 11.4. The molecule has 84 valence electrons. The van der Waals surface area contributed by atoms with Crippen LogP contribution in [0.2, 0.25) is 5.15 Å². The standard InChI is InChI=1S/C12H13ClN2O/c13-12-11(6-7-16)8-14-15(12)9-10-4-2-1-3-5-10/h1-5,8,16H,6-7,9H2. The second-order valence-corrected chi connectivity index (χ2v) is 3.94. The van der Waals surface area contributed by atoms with Gasteiger partial charge in [-0.3, -0.25) is 0 Å². The van der Waals surface area contributed by atoms with Crippen molar-refractivity contribution in [3.63, 3.8) is 0 Å². The van der Waals surface area contributed by atoms with Crippen molar-refractivity contribution >= 4 is 11.6 Å². The molecule has 0 fully saturated rings. The van der Waals surface area contributed by atoms with E-state index in [9.17, 15) is 0 Å². The van der Waals surface area contributed by atoms with E-state index in [0.717, 1.165) is 11.1 Å². The minimum absolute atomic E-state index is 0.0940. The molecule has 1 heterocycles. The molecule has 2 aromatic rings. The van der Waals surface area contributed by atoms with Crippen LogP contribution in [-0.2, 0) is 13.0 Å². The van der Waals surface area contributed by atoms with Gasteiger partial charge in [0, 0.05) is 18.6 Å². The maximum atomic E-state index is 8.85. The highest BCUT2D eigenvalue weighted by molar-refractivity contribution is 6.30. The zero-order valence-corrected chi connectivity index (χ0v) is 9.56. The number of nitrogens with zero attached hydrogens (tertiary/aromatic N) is 2. The summed E-state index contributed by atoms with van der Waals surface area (Å²) in [6, 6.07) is 10.0. The van der Waals surface area contributed by atoms with Crippen LogP contribution in [0.5, 0.6) is 0 Å². The molecule has 0 aliphatic heterocycles. The van der Waals surface area contributed by atoms with Crippen molar-refractivity contribution in [1.82, 2.24) is 9.78 Å².